The van der Waals surface area contributed by atoms with Crippen LogP contribution >= 0.6 is 0 Å². The highest BCUT2D eigenvalue weighted by molar-refractivity contribution is 5.40. The first kappa shape index (κ1) is 12.2. The van der Waals surface area contributed by atoms with Gasteiger partial charge in [0.2, 0.25) is 5.88 Å². The Bertz CT molecular complexity index is 416. The third kappa shape index (κ3) is 2.37. The Morgan fingerprint density at radius 3 is 2.56 bits per heavy atom. The second kappa shape index (κ2) is 5.26. The average molecular weight is 228 g/mol. The molecule has 0 amide bonds. The fraction of sp³-hybridized carbons (Fsp3) is 0.400. The first-order chi connectivity index (χ1) is 7.63. The van der Waals surface area contributed by atoms with Crippen molar-refractivity contribution in [1.82, 2.24) is 4.98 Å². The number of alkyl halides is 2. The summed E-state index contributed by atoms with van der Waals surface area (Å²) in [6.45, 7) is 0. The van der Waals surface area contributed by atoms with Crippen LogP contribution in [0.1, 0.15) is 17.7 Å². The molecule has 0 aromatic carbocycles. The first-order valence-electron chi connectivity index (χ1n) is 4.41. The predicted molar refractivity (Wildman–Crippen MR) is 51.6 cm³/mol. The molecule has 0 aliphatic carbocycles. The lowest BCUT2D eigenvalue weighted by Gasteiger charge is -2.11. The van der Waals surface area contributed by atoms with Crippen LogP contribution in [0.4, 0.5) is 8.78 Å². The zero-order valence-electron chi connectivity index (χ0n) is 8.83. The summed E-state index contributed by atoms with van der Waals surface area (Å²) in [6, 6.07) is 3.24. The molecule has 0 bridgehead atoms. The Morgan fingerprint density at radius 1 is 1.44 bits per heavy atom. The van der Waals surface area contributed by atoms with Crippen molar-refractivity contribution in [2.75, 3.05) is 14.2 Å². The van der Waals surface area contributed by atoms with E-state index >= 15 is 0 Å². The van der Waals surface area contributed by atoms with Crippen molar-refractivity contribution in [2.24, 2.45) is 0 Å². The van der Waals surface area contributed by atoms with Gasteiger partial charge in [0.15, 0.2) is 5.69 Å². The Hall–Kier alpha value is -1.90. The second-order valence-corrected chi connectivity index (χ2v) is 2.88. The molecular weight excluding hydrogens is 218 g/mol. The predicted octanol–water partition coefficient (Wildman–Crippen LogP) is 2.10. The largest absolute Gasteiger partial charge is 0.495 e. The quantitative estimate of drug-likeness (QED) is 0.791. The number of aromatic nitrogens is 1. The van der Waals surface area contributed by atoms with Gasteiger partial charge in [-0.1, -0.05) is 0 Å². The fourth-order valence-corrected chi connectivity index (χ4v) is 1.24. The van der Waals surface area contributed by atoms with E-state index in [4.69, 9.17) is 14.7 Å². The summed E-state index contributed by atoms with van der Waals surface area (Å²) < 4.78 is 34.8. The van der Waals surface area contributed by atoms with E-state index in [9.17, 15) is 8.78 Å². The van der Waals surface area contributed by atoms with Gasteiger partial charge in [0.05, 0.1) is 26.7 Å². The van der Waals surface area contributed by atoms with Gasteiger partial charge < -0.3 is 9.47 Å². The molecule has 0 radical (unpaired) electrons. The summed E-state index contributed by atoms with van der Waals surface area (Å²) in [7, 11) is 2.58. The maximum absolute atomic E-state index is 12.6. The van der Waals surface area contributed by atoms with Crippen molar-refractivity contribution in [3.05, 3.63) is 17.3 Å². The van der Waals surface area contributed by atoms with Gasteiger partial charge in [-0.3, -0.25) is 0 Å². The van der Waals surface area contributed by atoms with Gasteiger partial charge in [0.25, 0.3) is 6.43 Å². The van der Waals surface area contributed by atoms with Crippen molar-refractivity contribution in [2.45, 2.75) is 12.8 Å². The van der Waals surface area contributed by atoms with E-state index in [-0.39, 0.29) is 18.1 Å². The molecule has 86 valence electrons. The summed E-state index contributed by atoms with van der Waals surface area (Å²) in [5.41, 5.74) is -0.0627. The number of ether oxygens (including phenoxy) is 2. The number of methoxy groups -OCH3 is 2. The van der Waals surface area contributed by atoms with Crippen molar-refractivity contribution in [3.8, 4) is 17.7 Å². The molecule has 0 aliphatic rings. The molecule has 1 heterocycles. The Kier molecular flexibility index (Phi) is 4.00. The average Bonchev–Trinajstić information content (AvgIpc) is 2.28. The van der Waals surface area contributed by atoms with Crippen LogP contribution in [0, 0.1) is 11.3 Å². The molecule has 1 aromatic heterocycles. The van der Waals surface area contributed by atoms with Crippen LogP contribution in [-0.2, 0) is 6.42 Å². The van der Waals surface area contributed by atoms with Gasteiger partial charge in [-0.15, -0.1) is 0 Å². The van der Waals surface area contributed by atoms with Crippen molar-refractivity contribution < 1.29 is 18.3 Å². The normalized spacial score (nSPS) is 10.0. The number of hydrogen-bond donors (Lipinski definition) is 0. The summed E-state index contributed by atoms with van der Waals surface area (Å²) >= 11 is 0. The fourth-order valence-electron chi connectivity index (χ4n) is 1.24. The lowest BCUT2D eigenvalue weighted by Crippen LogP contribution is -2.02. The van der Waals surface area contributed by atoms with Crippen LogP contribution < -0.4 is 9.47 Å². The van der Waals surface area contributed by atoms with E-state index in [2.05, 4.69) is 4.98 Å². The highest BCUT2D eigenvalue weighted by atomic mass is 19.3. The summed E-state index contributed by atoms with van der Waals surface area (Å²) in [4.78, 5) is 3.63. The molecule has 4 nitrogen and oxygen atoms in total. The lowest BCUT2D eigenvalue weighted by atomic mass is 10.2. The summed E-state index contributed by atoms with van der Waals surface area (Å²) in [5, 5.41) is 8.56. The van der Waals surface area contributed by atoms with Crippen LogP contribution in [0.25, 0.3) is 0 Å². The Labute approximate surface area is 91.4 Å². The number of pyridine rings is 1. The van der Waals surface area contributed by atoms with Crippen molar-refractivity contribution in [3.63, 3.8) is 0 Å². The van der Waals surface area contributed by atoms with E-state index in [1.165, 1.54) is 20.3 Å². The molecular formula is C10H10F2N2O2. The third-order valence-corrected chi connectivity index (χ3v) is 1.94. The molecule has 0 fully saturated rings. The van der Waals surface area contributed by atoms with E-state index in [1.807, 2.05) is 6.07 Å². The lowest BCUT2D eigenvalue weighted by molar-refractivity contribution is 0.140. The topological polar surface area (TPSA) is 55.1 Å². The van der Waals surface area contributed by atoms with Crippen LogP contribution in [0.2, 0.25) is 0 Å². The van der Waals surface area contributed by atoms with Gasteiger partial charge in [0, 0.05) is 5.56 Å². The summed E-state index contributed by atoms with van der Waals surface area (Å²) in [6.07, 6.45) is -2.73. The SMILES string of the molecule is COc1cc(CC#N)c(OC)nc1C(F)F. The van der Waals surface area contributed by atoms with Gasteiger partial charge in [-0.2, -0.15) is 5.26 Å². The molecule has 0 spiro atoms. The van der Waals surface area contributed by atoms with E-state index in [1.54, 1.807) is 0 Å². The minimum atomic E-state index is -2.75. The van der Waals surface area contributed by atoms with E-state index in [0.717, 1.165) is 0 Å². The number of rotatable bonds is 4. The number of nitriles is 1. The molecule has 0 aliphatic heterocycles. The molecule has 0 unspecified atom stereocenters. The van der Waals surface area contributed by atoms with Crippen LogP contribution in [0.5, 0.6) is 11.6 Å². The number of nitrogens with zero attached hydrogens (tertiary/aromatic N) is 2. The zero-order chi connectivity index (χ0) is 12.1. The van der Waals surface area contributed by atoms with Gasteiger partial charge in [-0.25, -0.2) is 13.8 Å². The van der Waals surface area contributed by atoms with E-state index in [0.29, 0.717) is 5.56 Å². The van der Waals surface area contributed by atoms with Crippen LogP contribution in [-0.4, -0.2) is 19.2 Å². The monoisotopic (exact) mass is 228 g/mol. The van der Waals surface area contributed by atoms with Crippen LogP contribution in [0.3, 0.4) is 0 Å². The Morgan fingerprint density at radius 2 is 2.12 bits per heavy atom. The molecule has 1 rings (SSSR count). The smallest absolute Gasteiger partial charge is 0.284 e. The maximum Gasteiger partial charge on any atom is 0.284 e. The van der Waals surface area contributed by atoms with Gasteiger partial charge in [0.1, 0.15) is 5.75 Å². The molecule has 1 aromatic rings. The zero-order valence-corrected chi connectivity index (χ0v) is 8.83. The first-order valence-corrected chi connectivity index (χ1v) is 4.41. The second-order valence-electron chi connectivity index (χ2n) is 2.88. The van der Waals surface area contributed by atoms with Crippen molar-refractivity contribution in [1.29, 1.82) is 5.26 Å². The highest BCUT2D eigenvalue weighted by Crippen LogP contribution is 2.31. The Balaban J connectivity index is 3.29. The molecule has 0 N–H and O–H groups in total. The molecule has 0 atom stereocenters. The molecule has 0 saturated carbocycles. The van der Waals surface area contributed by atoms with E-state index < -0.39 is 12.1 Å². The summed E-state index contributed by atoms with van der Waals surface area (Å²) in [5.74, 6) is -0.0151. The van der Waals surface area contributed by atoms with Gasteiger partial charge >= 0.3 is 0 Å². The molecule has 16 heavy (non-hydrogen) atoms. The number of halogens is 2. The molecule has 6 heteroatoms. The number of hydrogen-bond acceptors (Lipinski definition) is 4. The maximum atomic E-state index is 12.6. The molecule has 0 saturated heterocycles. The van der Waals surface area contributed by atoms with Gasteiger partial charge in [-0.05, 0) is 6.07 Å². The highest BCUT2D eigenvalue weighted by Gasteiger charge is 2.19. The minimum absolute atomic E-state index is 0.0239. The third-order valence-electron chi connectivity index (χ3n) is 1.94. The minimum Gasteiger partial charge on any atom is -0.495 e. The van der Waals surface area contributed by atoms with Crippen molar-refractivity contribution >= 4 is 0 Å². The van der Waals surface area contributed by atoms with Crippen LogP contribution in [0.15, 0.2) is 6.07 Å². The standard InChI is InChI=1S/C10H10F2N2O2/c1-15-7-5-6(3-4-13)10(16-2)14-8(7)9(11)12/h5,9H,3H2,1-2H3.